The third-order valence-corrected chi connectivity index (χ3v) is 3.34. The van der Waals surface area contributed by atoms with Gasteiger partial charge in [0.25, 0.3) is 0 Å². The number of carbonyl (C=O) groups excluding carboxylic acids is 1. The third kappa shape index (κ3) is 2.31. The highest BCUT2D eigenvalue weighted by Crippen LogP contribution is 2.31. The molecular formula is C10H15ClN6O. The zero-order valence-corrected chi connectivity index (χ0v) is 11.0. The Kier molecular flexibility index (Phi) is 3.25. The van der Waals surface area contributed by atoms with Gasteiger partial charge in [0.15, 0.2) is 0 Å². The molecule has 98 valence electrons. The van der Waals surface area contributed by atoms with Crippen LogP contribution in [0.3, 0.4) is 0 Å². The van der Waals surface area contributed by atoms with E-state index in [9.17, 15) is 4.79 Å². The van der Waals surface area contributed by atoms with Crippen LogP contribution in [0.15, 0.2) is 0 Å². The van der Waals surface area contributed by atoms with Gasteiger partial charge >= 0.3 is 0 Å². The van der Waals surface area contributed by atoms with Gasteiger partial charge in [0, 0.05) is 20.1 Å². The first-order chi connectivity index (χ1) is 8.44. The van der Waals surface area contributed by atoms with Gasteiger partial charge in [0.2, 0.25) is 23.1 Å². The zero-order chi connectivity index (χ0) is 13.3. The highest BCUT2D eigenvalue weighted by Gasteiger charge is 2.39. The van der Waals surface area contributed by atoms with Crippen molar-refractivity contribution in [1.29, 1.82) is 0 Å². The first kappa shape index (κ1) is 12.8. The lowest BCUT2D eigenvalue weighted by atomic mass is 9.89. The fourth-order valence-corrected chi connectivity index (χ4v) is 2.08. The van der Waals surface area contributed by atoms with Crippen molar-refractivity contribution in [2.24, 2.45) is 11.1 Å². The van der Waals surface area contributed by atoms with Crippen molar-refractivity contribution in [1.82, 2.24) is 15.0 Å². The average molecular weight is 271 g/mol. The van der Waals surface area contributed by atoms with Gasteiger partial charge in [-0.15, -0.1) is 0 Å². The van der Waals surface area contributed by atoms with Crippen molar-refractivity contribution in [2.75, 3.05) is 30.4 Å². The van der Waals surface area contributed by atoms with E-state index in [1.54, 1.807) is 7.05 Å². The van der Waals surface area contributed by atoms with Crippen molar-refractivity contribution in [3.8, 4) is 0 Å². The second-order valence-corrected chi connectivity index (χ2v) is 4.91. The maximum Gasteiger partial charge on any atom is 0.231 e. The second kappa shape index (κ2) is 4.56. The molecule has 0 aromatic carbocycles. The maximum atomic E-state index is 11.4. The molecule has 1 aliphatic heterocycles. The van der Waals surface area contributed by atoms with Gasteiger partial charge in [-0.1, -0.05) is 0 Å². The highest BCUT2D eigenvalue weighted by atomic mass is 35.5. The molecule has 1 fully saturated rings. The molecule has 3 N–H and O–H groups in total. The number of hydrogen-bond acceptors (Lipinski definition) is 6. The molecule has 8 heteroatoms. The lowest BCUT2D eigenvalue weighted by Crippen LogP contribution is -2.37. The predicted molar refractivity (Wildman–Crippen MR) is 68.5 cm³/mol. The molecule has 0 bridgehead atoms. The minimum Gasteiger partial charge on any atom is -0.369 e. The van der Waals surface area contributed by atoms with Gasteiger partial charge in [-0.25, -0.2) is 0 Å². The van der Waals surface area contributed by atoms with Gasteiger partial charge < -0.3 is 16.0 Å². The molecule has 0 saturated carbocycles. The maximum absolute atomic E-state index is 11.4. The van der Waals surface area contributed by atoms with E-state index >= 15 is 0 Å². The summed E-state index contributed by atoms with van der Waals surface area (Å²) < 4.78 is 0. The van der Waals surface area contributed by atoms with E-state index in [1.165, 1.54) is 0 Å². The van der Waals surface area contributed by atoms with E-state index in [0.717, 1.165) is 0 Å². The van der Waals surface area contributed by atoms with Crippen LogP contribution in [0.25, 0.3) is 0 Å². The Morgan fingerprint density at radius 2 is 2.22 bits per heavy atom. The first-order valence-electron chi connectivity index (χ1n) is 5.59. The van der Waals surface area contributed by atoms with Gasteiger partial charge in [0.05, 0.1) is 5.41 Å². The van der Waals surface area contributed by atoms with E-state index in [0.29, 0.717) is 31.4 Å². The molecule has 1 atom stereocenters. The summed E-state index contributed by atoms with van der Waals surface area (Å²) in [6.45, 7) is 3.01. The minimum atomic E-state index is -0.543. The molecule has 18 heavy (non-hydrogen) atoms. The molecule has 1 unspecified atom stereocenters. The van der Waals surface area contributed by atoms with E-state index < -0.39 is 5.41 Å². The summed E-state index contributed by atoms with van der Waals surface area (Å²) in [5, 5.41) is 2.93. The van der Waals surface area contributed by atoms with Crippen LogP contribution in [-0.2, 0) is 4.79 Å². The largest absolute Gasteiger partial charge is 0.369 e. The van der Waals surface area contributed by atoms with Crippen molar-refractivity contribution < 1.29 is 4.79 Å². The average Bonchev–Trinajstić information content (AvgIpc) is 2.72. The highest BCUT2D eigenvalue weighted by molar-refractivity contribution is 6.28. The first-order valence-corrected chi connectivity index (χ1v) is 5.96. The topological polar surface area (TPSA) is 97.0 Å². The lowest BCUT2D eigenvalue weighted by molar-refractivity contribution is -0.125. The molecular weight excluding hydrogens is 256 g/mol. The summed E-state index contributed by atoms with van der Waals surface area (Å²) in [6, 6.07) is 0. The number of primary amides is 1. The van der Waals surface area contributed by atoms with Gasteiger partial charge in [-0.3, -0.25) is 4.79 Å². The zero-order valence-electron chi connectivity index (χ0n) is 10.3. The van der Waals surface area contributed by atoms with Gasteiger partial charge in [0.1, 0.15) is 0 Å². The number of nitrogens with one attached hydrogen (secondary N) is 1. The molecule has 1 saturated heterocycles. The smallest absolute Gasteiger partial charge is 0.231 e. The SMILES string of the molecule is CNc1nc(Cl)nc(N2CCC(C)(C(N)=O)C2)n1. The molecule has 1 aliphatic rings. The van der Waals surface area contributed by atoms with E-state index in [2.05, 4.69) is 20.3 Å². The Morgan fingerprint density at radius 1 is 1.50 bits per heavy atom. The fourth-order valence-electron chi connectivity index (χ4n) is 1.93. The summed E-state index contributed by atoms with van der Waals surface area (Å²) in [5.41, 5.74) is 4.86. The molecule has 0 spiro atoms. The van der Waals surface area contributed by atoms with Crippen LogP contribution in [0.5, 0.6) is 0 Å². The number of aromatic nitrogens is 3. The number of nitrogens with zero attached hydrogens (tertiary/aromatic N) is 4. The fraction of sp³-hybridized carbons (Fsp3) is 0.600. The van der Waals surface area contributed by atoms with Crippen LogP contribution in [0.4, 0.5) is 11.9 Å². The van der Waals surface area contributed by atoms with Crippen LogP contribution in [0.1, 0.15) is 13.3 Å². The molecule has 0 radical (unpaired) electrons. The van der Waals surface area contributed by atoms with Crippen molar-refractivity contribution in [3.05, 3.63) is 5.28 Å². The number of amides is 1. The monoisotopic (exact) mass is 270 g/mol. The van der Waals surface area contributed by atoms with E-state index in [-0.39, 0.29) is 11.2 Å². The van der Waals surface area contributed by atoms with Crippen molar-refractivity contribution >= 4 is 29.4 Å². The quantitative estimate of drug-likeness (QED) is 0.818. The number of halogens is 1. The molecule has 1 aromatic rings. The van der Waals surface area contributed by atoms with Crippen molar-refractivity contribution in [2.45, 2.75) is 13.3 Å². The summed E-state index contributed by atoms with van der Waals surface area (Å²) >= 11 is 5.82. The standard InChI is InChI=1S/C10H15ClN6O/c1-10(6(12)18)3-4-17(5-10)9-15-7(11)14-8(13-2)16-9/h3-5H2,1-2H3,(H2,12,18)(H,13,14,15,16). The third-order valence-electron chi connectivity index (χ3n) is 3.17. The Balaban J connectivity index is 2.24. The molecule has 2 heterocycles. The summed E-state index contributed by atoms with van der Waals surface area (Å²) in [4.78, 5) is 25.5. The van der Waals surface area contributed by atoms with Crippen LogP contribution in [0.2, 0.25) is 5.28 Å². The second-order valence-electron chi connectivity index (χ2n) is 4.57. The normalized spacial score (nSPS) is 23.2. The number of hydrogen-bond donors (Lipinski definition) is 2. The summed E-state index contributed by atoms with van der Waals surface area (Å²) in [6.07, 6.45) is 0.681. The van der Waals surface area contributed by atoms with E-state index in [1.807, 2.05) is 11.8 Å². The molecule has 2 rings (SSSR count). The van der Waals surface area contributed by atoms with Crippen molar-refractivity contribution in [3.63, 3.8) is 0 Å². The van der Waals surface area contributed by atoms with Gasteiger partial charge in [-0.05, 0) is 24.9 Å². The van der Waals surface area contributed by atoms with Crippen LogP contribution >= 0.6 is 11.6 Å². The summed E-state index contributed by atoms with van der Waals surface area (Å²) in [5.74, 6) is 0.556. The van der Waals surface area contributed by atoms with Crippen LogP contribution in [-0.4, -0.2) is 41.0 Å². The Bertz CT molecular complexity index is 481. The Hall–Kier alpha value is -1.63. The Labute approximate surface area is 110 Å². The number of rotatable bonds is 3. The lowest BCUT2D eigenvalue weighted by Gasteiger charge is -2.21. The number of carbonyl (C=O) groups is 1. The number of nitrogens with two attached hydrogens (primary N) is 1. The molecule has 7 nitrogen and oxygen atoms in total. The summed E-state index contributed by atoms with van der Waals surface area (Å²) in [7, 11) is 1.70. The molecule has 1 aromatic heterocycles. The minimum absolute atomic E-state index is 0.122. The van der Waals surface area contributed by atoms with E-state index in [4.69, 9.17) is 17.3 Å². The van der Waals surface area contributed by atoms with Crippen LogP contribution < -0.4 is 16.0 Å². The van der Waals surface area contributed by atoms with Crippen LogP contribution in [0, 0.1) is 5.41 Å². The predicted octanol–water partition coefficient (Wildman–Crippen LogP) is 0.268. The molecule has 0 aliphatic carbocycles. The molecule has 1 amide bonds. The van der Waals surface area contributed by atoms with Gasteiger partial charge in [-0.2, -0.15) is 15.0 Å². The Morgan fingerprint density at radius 3 is 2.78 bits per heavy atom. The number of anilines is 2.